The van der Waals surface area contributed by atoms with Gasteiger partial charge in [-0.1, -0.05) is 49.4 Å². The minimum absolute atomic E-state index is 0.0464. The molecule has 3 rings (SSSR count). The summed E-state index contributed by atoms with van der Waals surface area (Å²) < 4.78 is 14.0. The predicted octanol–water partition coefficient (Wildman–Crippen LogP) is 4.51. The first-order chi connectivity index (χ1) is 11.2. The number of hydrogen-bond donors (Lipinski definition) is 1. The zero-order valence-electron chi connectivity index (χ0n) is 13.4. The van der Waals surface area contributed by atoms with Gasteiger partial charge in [0.25, 0.3) is 0 Å². The second-order valence-electron chi connectivity index (χ2n) is 6.21. The molecule has 0 aromatic heterocycles. The summed E-state index contributed by atoms with van der Waals surface area (Å²) in [5.41, 5.74) is 2.76. The van der Waals surface area contributed by atoms with Crippen molar-refractivity contribution >= 4 is 5.91 Å². The van der Waals surface area contributed by atoms with Gasteiger partial charge in [0.2, 0.25) is 5.91 Å². The van der Waals surface area contributed by atoms with Crippen molar-refractivity contribution < 1.29 is 9.18 Å². The molecule has 1 atom stereocenters. The van der Waals surface area contributed by atoms with Crippen LogP contribution in [0.5, 0.6) is 0 Å². The number of benzene rings is 2. The van der Waals surface area contributed by atoms with Crippen molar-refractivity contribution in [2.24, 2.45) is 0 Å². The molecular weight excluding hydrogens is 289 g/mol. The summed E-state index contributed by atoms with van der Waals surface area (Å²) >= 11 is 0. The summed E-state index contributed by atoms with van der Waals surface area (Å²) in [4.78, 5) is 12.5. The van der Waals surface area contributed by atoms with Gasteiger partial charge in [-0.2, -0.15) is 0 Å². The van der Waals surface area contributed by atoms with Crippen LogP contribution in [0.4, 0.5) is 4.39 Å². The summed E-state index contributed by atoms with van der Waals surface area (Å²) in [6.45, 7) is 2.24. The van der Waals surface area contributed by atoms with E-state index in [1.165, 1.54) is 24.5 Å². The summed E-state index contributed by atoms with van der Waals surface area (Å²) in [6.07, 6.45) is 3.09. The fraction of sp³-hybridized carbons (Fsp3) is 0.350. The molecule has 0 aliphatic heterocycles. The third-order valence-electron chi connectivity index (χ3n) is 4.50. The van der Waals surface area contributed by atoms with Crippen molar-refractivity contribution in [2.45, 2.75) is 44.6 Å². The molecule has 0 spiro atoms. The molecule has 23 heavy (non-hydrogen) atoms. The lowest BCUT2D eigenvalue weighted by Gasteiger charge is -2.16. The second kappa shape index (κ2) is 6.95. The normalized spacial score (nSPS) is 15.2. The molecule has 0 saturated heterocycles. The van der Waals surface area contributed by atoms with Gasteiger partial charge in [-0.05, 0) is 42.4 Å². The number of hydrogen-bond acceptors (Lipinski definition) is 1. The number of nitrogens with one attached hydrogen (secondary N) is 1. The summed E-state index contributed by atoms with van der Waals surface area (Å²) in [6, 6.07) is 15.0. The lowest BCUT2D eigenvalue weighted by Crippen LogP contribution is -2.29. The van der Waals surface area contributed by atoms with E-state index >= 15 is 0 Å². The highest BCUT2D eigenvalue weighted by atomic mass is 19.1. The minimum Gasteiger partial charge on any atom is -0.351 e. The molecule has 1 saturated carbocycles. The molecule has 1 aliphatic rings. The van der Waals surface area contributed by atoms with Crippen LogP contribution in [0.1, 0.15) is 54.7 Å². The summed E-state index contributed by atoms with van der Waals surface area (Å²) in [7, 11) is 0. The van der Waals surface area contributed by atoms with Crippen molar-refractivity contribution in [3.63, 3.8) is 0 Å². The van der Waals surface area contributed by atoms with E-state index in [2.05, 4.69) is 5.32 Å². The summed E-state index contributed by atoms with van der Waals surface area (Å²) in [5, 5.41) is 2.90. The largest absolute Gasteiger partial charge is 0.351 e. The van der Waals surface area contributed by atoms with Crippen LogP contribution < -0.4 is 5.32 Å². The van der Waals surface area contributed by atoms with E-state index in [9.17, 15) is 9.18 Å². The van der Waals surface area contributed by atoms with Gasteiger partial charge in [0.15, 0.2) is 0 Å². The van der Waals surface area contributed by atoms with Gasteiger partial charge < -0.3 is 5.32 Å². The van der Waals surface area contributed by atoms with Crippen LogP contribution in [-0.4, -0.2) is 5.91 Å². The molecule has 1 N–H and O–H groups in total. The molecule has 1 unspecified atom stereocenters. The van der Waals surface area contributed by atoms with Crippen molar-refractivity contribution in [1.29, 1.82) is 0 Å². The Bertz CT molecular complexity index is 679. The van der Waals surface area contributed by atoms with Gasteiger partial charge in [-0.15, -0.1) is 0 Å². The van der Waals surface area contributed by atoms with E-state index in [-0.39, 0.29) is 24.2 Å². The lowest BCUT2D eigenvalue weighted by atomic mass is 9.95. The Kier molecular flexibility index (Phi) is 4.75. The molecule has 3 heteroatoms. The molecule has 1 aliphatic carbocycles. The number of carbonyl (C=O) groups excluding carboxylic acids is 1. The molecule has 0 heterocycles. The van der Waals surface area contributed by atoms with Gasteiger partial charge in [0.1, 0.15) is 5.82 Å². The van der Waals surface area contributed by atoms with Crippen LogP contribution in [0.15, 0.2) is 48.5 Å². The molecule has 120 valence electrons. The van der Waals surface area contributed by atoms with Crippen molar-refractivity contribution in [2.75, 3.05) is 0 Å². The van der Waals surface area contributed by atoms with Crippen LogP contribution in [-0.2, 0) is 11.3 Å². The third-order valence-corrected chi connectivity index (χ3v) is 4.50. The highest BCUT2D eigenvalue weighted by Crippen LogP contribution is 2.40. The Balaban J connectivity index is 1.67. The Hall–Kier alpha value is -2.16. The zero-order valence-corrected chi connectivity index (χ0v) is 13.4. The van der Waals surface area contributed by atoms with Gasteiger partial charge >= 0.3 is 0 Å². The average Bonchev–Trinajstić information content (AvgIpc) is 3.41. The Morgan fingerprint density at radius 3 is 2.61 bits per heavy atom. The van der Waals surface area contributed by atoms with E-state index in [0.717, 1.165) is 12.0 Å². The van der Waals surface area contributed by atoms with Crippen molar-refractivity contribution in [3.8, 4) is 0 Å². The van der Waals surface area contributed by atoms with Crippen LogP contribution in [0.25, 0.3) is 0 Å². The Morgan fingerprint density at radius 2 is 1.96 bits per heavy atom. The quantitative estimate of drug-likeness (QED) is 0.835. The standard InChI is InChI=1S/C20H22FNO/c1-2-18(15-6-4-3-5-7-15)20(23)22-13-17-12-16(14-8-9-14)10-11-19(17)21/h3-7,10-12,14,18H,2,8-9,13H2,1H3,(H,22,23). The van der Waals surface area contributed by atoms with Gasteiger partial charge in [-0.3, -0.25) is 4.79 Å². The minimum atomic E-state index is -0.248. The maximum absolute atomic E-state index is 14.0. The SMILES string of the molecule is CCC(C(=O)NCc1cc(C2CC2)ccc1F)c1ccccc1. The molecule has 0 bridgehead atoms. The third kappa shape index (κ3) is 3.79. The molecule has 2 aromatic rings. The first kappa shape index (κ1) is 15.7. The van der Waals surface area contributed by atoms with Crippen LogP contribution in [0.2, 0.25) is 0 Å². The zero-order chi connectivity index (χ0) is 16.2. The number of amides is 1. The fourth-order valence-electron chi connectivity index (χ4n) is 2.96. The van der Waals surface area contributed by atoms with Gasteiger partial charge in [0, 0.05) is 12.1 Å². The Labute approximate surface area is 136 Å². The highest BCUT2D eigenvalue weighted by Gasteiger charge is 2.24. The fourth-order valence-corrected chi connectivity index (χ4v) is 2.96. The average molecular weight is 311 g/mol. The first-order valence-corrected chi connectivity index (χ1v) is 8.30. The molecule has 1 fully saturated rings. The van der Waals surface area contributed by atoms with Crippen LogP contribution in [0.3, 0.4) is 0 Å². The van der Waals surface area contributed by atoms with E-state index in [1.807, 2.05) is 49.4 Å². The van der Waals surface area contributed by atoms with Crippen molar-refractivity contribution in [3.05, 3.63) is 71.0 Å². The van der Waals surface area contributed by atoms with Crippen LogP contribution >= 0.6 is 0 Å². The predicted molar refractivity (Wildman–Crippen MR) is 89.7 cm³/mol. The molecular formula is C20H22FNO. The molecule has 2 aromatic carbocycles. The number of rotatable bonds is 6. The summed E-state index contributed by atoms with van der Waals surface area (Å²) in [5.74, 6) is 0.0982. The second-order valence-corrected chi connectivity index (χ2v) is 6.21. The number of carbonyl (C=O) groups is 1. The highest BCUT2D eigenvalue weighted by molar-refractivity contribution is 5.83. The maximum Gasteiger partial charge on any atom is 0.227 e. The molecule has 2 nitrogen and oxygen atoms in total. The van der Waals surface area contributed by atoms with E-state index in [4.69, 9.17) is 0 Å². The van der Waals surface area contributed by atoms with E-state index in [0.29, 0.717) is 11.5 Å². The van der Waals surface area contributed by atoms with Crippen molar-refractivity contribution in [1.82, 2.24) is 5.32 Å². The van der Waals surface area contributed by atoms with Gasteiger partial charge in [0.05, 0.1) is 5.92 Å². The van der Waals surface area contributed by atoms with E-state index in [1.54, 1.807) is 0 Å². The monoisotopic (exact) mass is 311 g/mol. The van der Waals surface area contributed by atoms with Crippen LogP contribution in [0, 0.1) is 5.82 Å². The topological polar surface area (TPSA) is 29.1 Å². The maximum atomic E-state index is 14.0. The smallest absolute Gasteiger partial charge is 0.227 e. The first-order valence-electron chi connectivity index (χ1n) is 8.30. The van der Waals surface area contributed by atoms with E-state index < -0.39 is 0 Å². The Morgan fingerprint density at radius 1 is 1.22 bits per heavy atom. The molecule has 1 amide bonds. The number of halogens is 1. The van der Waals surface area contributed by atoms with Gasteiger partial charge in [-0.25, -0.2) is 4.39 Å². The lowest BCUT2D eigenvalue weighted by molar-refractivity contribution is -0.122. The molecule has 0 radical (unpaired) electrons.